The van der Waals surface area contributed by atoms with Crippen LogP contribution < -0.4 is 15.5 Å². The number of hydrogen-bond donors (Lipinski definition) is 3. The maximum Gasteiger partial charge on any atom is 0.257 e. The normalized spacial score (nSPS) is 15.6. The minimum absolute atomic E-state index is 0.188. The fourth-order valence-electron chi connectivity index (χ4n) is 4.42. The van der Waals surface area contributed by atoms with Gasteiger partial charge in [0.25, 0.3) is 11.8 Å². The van der Waals surface area contributed by atoms with Crippen LogP contribution >= 0.6 is 11.6 Å². The molecule has 8 nitrogen and oxygen atoms in total. The number of halogens is 1. The van der Waals surface area contributed by atoms with E-state index in [9.17, 15) is 14.7 Å². The molecule has 2 heterocycles. The maximum absolute atomic E-state index is 13.2. The van der Waals surface area contributed by atoms with Crippen LogP contribution in [0.3, 0.4) is 0 Å². The summed E-state index contributed by atoms with van der Waals surface area (Å²) >= 11 is 6.35. The standard InChI is InChI=1S/C29H26ClN5O3/c30-23-10-7-18(17-31-28(37)29(38)11-12-29)15-22(23)27(36)32-20-8-9-21-24(16-20)33-25(19-5-2-1-3-6-19)34-26(21)35-13-4-14-35/h1-3,5-10,15-16,38H,4,11-14,17H2,(H,31,37)(H,32,36). The average Bonchev–Trinajstić information content (AvgIpc) is 3.65. The van der Waals surface area contributed by atoms with Crippen molar-refractivity contribution in [3.63, 3.8) is 0 Å². The van der Waals surface area contributed by atoms with Gasteiger partial charge in [0.05, 0.1) is 16.1 Å². The van der Waals surface area contributed by atoms with Crippen LogP contribution in [0.2, 0.25) is 5.02 Å². The van der Waals surface area contributed by atoms with Gasteiger partial charge < -0.3 is 20.6 Å². The van der Waals surface area contributed by atoms with Gasteiger partial charge in [0, 0.05) is 36.3 Å². The van der Waals surface area contributed by atoms with E-state index in [2.05, 4.69) is 15.5 Å². The van der Waals surface area contributed by atoms with Crippen LogP contribution in [0.4, 0.5) is 11.5 Å². The Bertz CT molecular complexity index is 1550. The number of nitrogens with zero attached hydrogens (tertiary/aromatic N) is 3. The maximum atomic E-state index is 13.2. The molecule has 1 aliphatic carbocycles. The molecule has 0 atom stereocenters. The molecule has 2 fully saturated rings. The van der Waals surface area contributed by atoms with Crippen molar-refractivity contribution >= 4 is 45.8 Å². The number of aromatic nitrogens is 2. The number of rotatable bonds is 7. The first-order valence-corrected chi connectivity index (χ1v) is 13.0. The van der Waals surface area contributed by atoms with Crippen LogP contribution in [0, 0.1) is 0 Å². The molecule has 6 rings (SSSR count). The van der Waals surface area contributed by atoms with Crippen molar-refractivity contribution < 1.29 is 14.7 Å². The van der Waals surface area contributed by atoms with E-state index in [0.29, 0.717) is 34.9 Å². The van der Waals surface area contributed by atoms with Crippen molar-refractivity contribution in [3.8, 4) is 11.4 Å². The Balaban J connectivity index is 1.26. The summed E-state index contributed by atoms with van der Waals surface area (Å²) in [6.45, 7) is 2.09. The van der Waals surface area contributed by atoms with Crippen molar-refractivity contribution in [3.05, 3.63) is 82.9 Å². The molecule has 0 spiro atoms. The van der Waals surface area contributed by atoms with E-state index in [0.717, 1.165) is 41.8 Å². The Kier molecular flexibility index (Phi) is 6.21. The molecule has 4 aromatic rings. The van der Waals surface area contributed by atoms with Crippen molar-refractivity contribution in [2.45, 2.75) is 31.4 Å². The van der Waals surface area contributed by atoms with Gasteiger partial charge in [-0.2, -0.15) is 0 Å². The lowest BCUT2D eigenvalue weighted by atomic mass is 10.1. The minimum atomic E-state index is -1.25. The zero-order valence-corrected chi connectivity index (χ0v) is 21.3. The average molecular weight is 528 g/mol. The Morgan fingerprint density at radius 3 is 2.50 bits per heavy atom. The minimum Gasteiger partial charge on any atom is -0.380 e. The van der Waals surface area contributed by atoms with Gasteiger partial charge in [0.2, 0.25) is 0 Å². The second-order valence-corrected chi connectivity index (χ2v) is 10.2. The Morgan fingerprint density at radius 2 is 1.79 bits per heavy atom. The molecule has 9 heteroatoms. The first-order valence-electron chi connectivity index (χ1n) is 12.6. The molecule has 1 saturated heterocycles. The summed E-state index contributed by atoms with van der Waals surface area (Å²) in [7, 11) is 0. The summed E-state index contributed by atoms with van der Waals surface area (Å²) in [6.07, 6.45) is 2.07. The largest absolute Gasteiger partial charge is 0.380 e. The summed E-state index contributed by atoms with van der Waals surface area (Å²) in [6, 6.07) is 20.5. The molecule has 1 aliphatic heterocycles. The monoisotopic (exact) mass is 527 g/mol. The summed E-state index contributed by atoms with van der Waals surface area (Å²) in [5, 5.41) is 16.8. The number of hydrogen-bond acceptors (Lipinski definition) is 6. The van der Waals surface area contributed by atoms with E-state index in [1.54, 1.807) is 18.2 Å². The lowest BCUT2D eigenvalue weighted by Gasteiger charge is -2.33. The first-order chi connectivity index (χ1) is 18.4. The summed E-state index contributed by atoms with van der Waals surface area (Å²) in [5.41, 5.74) is 1.99. The zero-order chi connectivity index (χ0) is 26.3. The van der Waals surface area contributed by atoms with Crippen molar-refractivity contribution in [1.29, 1.82) is 0 Å². The zero-order valence-electron chi connectivity index (χ0n) is 20.6. The molecule has 1 saturated carbocycles. The van der Waals surface area contributed by atoms with Gasteiger partial charge in [-0.15, -0.1) is 0 Å². The van der Waals surface area contributed by atoms with Gasteiger partial charge in [0.1, 0.15) is 11.4 Å². The lowest BCUT2D eigenvalue weighted by molar-refractivity contribution is -0.131. The highest BCUT2D eigenvalue weighted by atomic mass is 35.5. The molecule has 3 aromatic carbocycles. The van der Waals surface area contributed by atoms with Crippen molar-refractivity contribution in [1.82, 2.24) is 15.3 Å². The fraction of sp³-hybridized carbons (Fsp3) is 0.241. The van der Waals surface area contributed by atoms with Crippen LogP contribution in [0.5, 0.6) is 0 Å². The van der Waals surface area contributed by atoms with Crippen LogP contribution in [0.1, 0.15) is 35.2 Å². The van der Waals surface area contributed by atoms with E-state index < -0.39 is 11.5 Å². The molecule has 0 radical (unpaired) electrons. The predicted molar refractivity (Wildman–Crippen MR) is 147 cm³/mol. The van der Waals surface area contributed by atoms with E-state index in [4.69, 9.17) is 21.6 Å². The Labute approximate surface area is 224 Å². The molecule has 3 N–H and O–H groups in total. The third kappa shape index (κ3) is 4.80. The number of nitrogens with one attached hydrogen (secondary N) is 2. The molecule has 192 valence electrons. The van der Waals surface area contributed by atoms with E-state index in [1.165, 1.54) is 0 Å². The van der Waals surface area contributed by atoms with Gasteiger partial charge in [-0.05, 0) is 55.2 Å². The van der Waals surface area contributed by atoms with Gasteiger partial charge in [-0.1, -0.05) is 48.0 Å². The van der Waals surface area contributed by atoms with Crippen molar-refractivity contribution in [2.75, 3.05) is 23.3 Å². The number of benzene rings is 3. The SMILES string of the molecule is O=C(Nc1ccc2c(N3CCC3)nc(-c3ccccc3)nc2c1)c1cc(CNC(=O)C2(O)CC2)ccc1Cl. The molecule has 0 bridgehead atoms. The quantitative estimate of drug-likeness (QED) is 0.325. The van der Waals surface area contributed by atoms with Gasteiger partial charge >= 0.3 is 0 Å². The predicted octanol–water partition coefficient (Wildman–Crippen LogP) is 4.55. The number of amides is 2. The third-order valence-electron chi connectivity index (χ3n) is 7.00. The Hall–Kier alpha value is -4.01. The number of aliphatic hydroxyl groups is 1. The highest BCUT2D eigenvalue weighted by Crippen LogP contribution is 2.35. The highest BCUT2D eigenvalue weighted by Gasteiger charge is 2.47. The number of fused-ring (bicyclic) bond motifs is 1. The van der Waals surface area contributed by atoms with E-state index in [1.807, 2.05) is 48.5 Å². The van der Waals surface area contributed by atoms with Gasteiger partial charge in [-0.25, -0.2) is 9.97 Å². The van der Waals surface area contributed by atoms with E-state index >= 15 is 0 Å². The summed E-state index contributed by atoms with van der Waals surface area (Å²) in [4.78, 5) is 37.2. The Morgan fingerprint density at radius 1 is 1.00 bits per heavy atom. The summed E-state index contributed by atoms with van der Waals surface area (Å²) < 4.78 is 0. The number of anilines is 2. The van der Waals surface area contributed by atoms with Crippen LogP contribution in [0.15, 0.2) is 66.7 Å². The van der Waals surface area contributed by atoms with Crippen LogP contribution in [-0.4, -0.2) is 45.6 Å². The summed E-state index contributed by atoms with van der Waals surface area (Å²) in [5.74, 6) is 0.761. The number of carbonyl (C=O) groups excluding carboxylic acids is 2. The molecule has 1 aromatic heterocycles. The topological polar surface area (TPSA) is 107 Å². The van der Waals surface area contributed by atoms with Gasteiger partial charge in [-0.3, -0.25) is 9.59 Å². The number of carbonyl (C=O) groups is 2. The second-order valence-electron chi connectivity index (χ2n) is 9.79. The van der Waals surface area contributed by atoms with Crippen LogP contribution in [-0.2, 0) is 11.3 Å². The fourth-order valence-corrected chi connectivity index (χ4v) is 4.63. The second kappa shape index (κ2) is 9.70. The first kappa shape index (κ1) is 24.3. The molecular weight excluding hydrogens is 502 g/mol. The van der Waals surface area contributed by atoms with Gasteiger partial charge in [0.15, 0.2) is 5.82 Å². The smallest absolute Gasteiger partial charge is 0.257 e. The molecule has 2 aliphatic rings. The highest BCUT2D eigenvalue weighted by molar-refractivity contribution is 6.34. The van der Waals surface area contributed by atoms with Crippen LogP contribution in [0.25, 0.3) is 22.3 Å². The van der Waals surface area contributed by atoms with Crippen molar-refractivity contribution in [2.24, 2.45) is 0 Å². The lowest BCUT2D eigenvalue weighted by Crippen LogP contribution is -2.37. The molecular formula is C29H26ClN5O3. The molecule has 38 heavy (non-hydrogen) atoms. The van der Waals surface area contributed by atoms with E-state index in [-0.39, 0.29) is 18.0 Å². The molecule has 2 amide bonds. The third-order valence-corrected chi connectivity index (χ3v) is 7.33. The molecule has 0 unspecified atom stereocenters.